The molecule has 5 nitrogen and oxygen atoms in total. The Balaban J connectivity index is 1.39. The topological polar surface area (TPSA) is 61.0 Å². The molecule has 0 fully saturated rings. The summed E-state index contributed by atoms with van der Waals surface area (Å²) in [5.41, 5.74) is 3.42. The first kappa shape index (κ1) is 17.9. The van der Waals surface area contributed by atoms with Gasteiger partial charge in [-0.1, -0.05) is 17.8 Å². The van der Waals surface area contributed by atoms with Crippen LogP contribution in [0.5, 0.6) is 5.75 Å². The van der Waals surface area contributed by atoms with E-state index in [-0.39, 0.29) is 0 Å². The van der Waals surface area contributed by atoms with Crippen molar-refractivity contribution in [3.8, 4) is 5.75 Å². The third-order valence-corrected chi connectivity index (χ3v) is 5.15. The Hall–Kier alpha value is -1.86. The summed E-state index contributed by atoms with van der Waals surface area (Å²) >= 11 is 3.19. The molecular formula is C18H21N3O2S2. The lowest BCUT2D eigenvalue weighted by Gasteiger charge is -2.07. The lowest BCUT2D eigenvalue weighted by Crippen LogP contribution is -1.99. The Morgan fingerprint density at radius 3 is 2.64 bits per heavy atom. The predicted molar refractivity (Wildman–Crippen MR) is 101 cm³/mol. The van der Waals surface area contributed by atoms with Crippen molar-refractivity contribution in [2.45, 2.75) is 38.8 Å². The van der Waals surface area contributed by atoms with E-state index in [9.17, 15) is 0 Å². The van der Waals surface area contributed by atoms with Crippen molar-refractivity contribution in [1.82, 2.24) is 15.2 Å². The number of thiazole rings is 1. The van der Waals surface area contributed by atoms with Gasteiger partial charge in [0, 0.05) is 11.1 Å². The molecule has 0 aliphatic carbocycles. The van der Waals surface area contributed by atoms with Crippen LogP contribution < -0.4 is 4.74 Å². The molecule has 25 heavy (non-hydrogen) atoms. The number of nitrogens with zero attached hydrogens (tertiary/aromatic N) is 3. The van der Waals surface area contributed by atoms with Crippen LogP contribution in [-0.2, 0) is 6.42 Å². The summed E-state index contributed by atoms with van der Waals surface area (Å²) in [7, 11) is 0. The second-order valence-electron chi connectivity index (χ2n) is 5.87. The number of aryl methyl sites for hydroxylation is 3. The fourth-order valence-corrected chi connectivity index (χ4v) is 3.74. The summed E-state index contributed by atoms with van der Waals surface area (Å²) in [5, 5.41) is 11.8. The largest absolute Gasteiger partial charge is 0.494 e. The molecule has 0 aliphatic rings. The standard InChI is InChI=1S/C18H21N3O2S2/c1-12-7-13(2)9-16(8-12)22-5-4-6-24-18-21-20-17(23-18)10-15-11-25-14(3)19-15/h7-9,11H,4-6,10H2,1-3H3. The molecular weight excluding hydrogens is 354 g/mol. The van der Waals surface area contributed by atoms with E-state index in [1.807, 2.05) is 12.3 Å². The van der Waals surface area contributed by atoms with Crippen LogP contribution >= 0.6 is 23.1 Å². The molecule has 0 N–H and O–H groups in total. The average molecular weight is 376 g/mol. The van der Waals surface area contributed by atoms with Crippen molar-refractivity contribution < 1.29 is 9.15 Å². The highest BCUT2D eigenvalue weighted by Gasteiger charge is 2.09. The molecule has 1 aromatic carbocycles. The monoisotopic (exact) mass is 375 g/mol. The summed E-state index contributed by atoms with van der Waals surface area (Å²) in [6, 6.07) is 6.26. The Kier molecular flexibility index (Phi) is 6.09. The van der Waals surface area contributed by atoms with Gasteiger partial charge in [0.2, 0.25) is 5.89 Å². The van der Waals surface area contributed by atoms with E-state index < -0.39 is 0 Å². The maximum Gasteiger partial charge on any atom is 0.276 e. The van der Waals surface area contributed by atoms with Gasteiger partial charge in [-0.15, -0.1) is 21.5 Å². The predicted octanol–water partition coefficient (Wildman–Crippen LogP) is 4.60. The highest BCUT2D eigenvalue weighted by atomic mass is 32.2. The zero-order valence-corrected chi connectivity index (χ0v) is 16.2. The first-order valence-electron chi connectivity index (χ1n) is 8.16. The van der Waals surface area contributed by atoms with Gasteiger partial charge in [-0.3, -0.25) is 0 Å². The number of rotatable bonds is 8. The molecule has 7 heteroatoms. The molecule has 0 unspecified atom stereocenters. The van der Waals surface area contributed by atoms with Crippen molar-refractivity contribution >= 4 is 23.1 Å². The molecule has 0 bridgehead atoms. The van der Waals surface area contributed by atoms with Crippen LogP contribution in [0.25, 0.3) is 0 Å². The van der Waals surface area contributed by atoms with Gasteiger partial charge < -0.3 is 9.15 Å². The Bertz CT molecular complexity index is 809. The lowest BCUT2D eigenvalue weighted by molar-refractivity contribution is 0.318. The Morgan fingerprint density at radius 1 is 1.12 bits per heavy atom. The number of hydrogen-bond acceptors (Lipinski definition) is 7. The summed E-state index contributed by atoms with van der Waals surface area (Å²) in [6.07, 6.45) is 1.51. The minimum Gasteiger partial charge on any atom is -0.494 e. The van der Waals surface area contributed by atoms with Crippen LogP contribution in [0, 0.1) is 20.8 Å². The van der Waals surface area contributed by atoms with Gasteiger partial charge in [0.05, 0.1) is 23.7 Å². The second kappa shape index (κ2) is 8.49. The fourth-order valence-electron chi connectivity index (χ4n) is 2.44. The maximum atomic E-state index is 5.81. The average Bonchev–Trinajstić information content (AvgIpc) is 3.15. The molecule has 0 saturated heterocycles. The third-order valence-electron chi connectivity index (χ3n) is 3.43. The van der Waals surface area contributed by atoms with Crippen LogP contribution in [0.4, 0.5) is 0 Å². The van der Waals surface area contributed by atoms with Crippen molar-refractivity contribution in [2.24, 2.45) is 0 Å². The van der Waals surface area contributed by atoms with Crippen molar-refractivity contribution in [3.63, 3.8) is 0 Å². The van der Waals surface area contributed by atoms with Crippen LogP contribution in [0.3, 0.4) is 0 Å². The normalized spacial score (nSPS) is 11.0. The molecule has 0 amide bonds. The fraction of sp³-hybridized carbons (Fsp3) is 0.389. The molecule has 2 heterocycles. The number of ether oxygens (including phenoxy) is 1. The van der Waals surface area contributed by atoms with Gasteiger partial charge >= 0.3 is 0 Å². The molecule has 132 valence electrons. The van der Waals surface area contributed by atoms with Crippen molar-refractivity contribution in [1.29, 1.82) is 0 Å². The van der Waals surface area contributed by atoms with E-state index >= 15 is 0 Å². The Morgan fingerprint density at radius 2 is 1.92 bits per heavy atom. The van der Waals surface area contributed by atoms with Crippen molar-refractivity contribution in [3.05, 3.63) is 51.3 Å². The van der Waals surface area contributed by atoms with Crippen LogP contribution in [-0.4, -0.2) is 27.5 Å². The third kappa shape index (κ3) is 5.57. The SMILES string of the molecule is Cc1cc(C)cc(OCCCSc2nnc(Cc3csc(C)n3)o2)c1. The highest BCUT2D eigenvalue weighted by Crippen LogP contribution is 2.20. The summed E-state index contributed by atoms with van der Waals surface area (Å²) in [5.74, 6) is 2.42. The van der Waals surface area contributed by atoms with Gasteiger partial charge in [0.25, 0.3) is 5.22 Å². The number of aromatic nitrogens is 3. The van der Waals surface area contributed by atoms with Gasteiger partial charge in [-0.2, -0.15) is 0 Å². The first-order valence-corrected chi connectivity index (χ1v) is 10.0. The van der Waals surface area contributed by atoms with E-state index in [1.54, 1.807) is 23.1 Å². The van der Waals surface area contributed by atoms with E-state index in [1.165, 1.54) is 11.1 Å². The molecule has 0 spiro atoms. The zero-order chi connectivity index (χ0) is 17.6. The van der Waals surface area contributed by atoms with E-state index in [0.29, 0.717) is 24.1 Å². The smallest absolute Gasteiger partial charge is 0.276 e. The molecule has 3 rings (SSSR count). The first-order chi connectivity index (χ1) is 12.1. The van der Waals surface area contributed by atoms with E-state index in [0.717, 1.165) is 28.6 Å². The van der Waals surface area contributed by atoms with E-state index in [4.69, 9.17) is 9.15 Å². The minimum atomic E-state index is 0.591. The molecule has 0 radical (unpaired) electrons. The summed E-state index contributed by atoms with van der Waals surface area (Å²) < 4.78 is 11.5. The maximum absolute atomic E-state index is 5.81. The van der Waals surface area contributed by atoms with Crippen LogP contribution in [0.1, 0.15) is 34.1 Å². The highest BCUT2D eigenvalue weighted by molar-refractivity contribution is 7.99. The number of thioether (sulfide) groups is 1. The zero-order valence-electron chi connectivity index (χ0n) is 14.6. The van der Waals surface area contributed by atoms with Crippen LogP contribution in [0.15, 0.2) is 33.2 Å². The van der Waals surface area contributed by atoms with Gasteiger partial charge in [-0.25, -0.2) is 4.98 Å². The molecule has 0 atom stereocenters. The Labute approximate surface area is 155 Å². The lowest BCUT2D eigenvalue weighted by atomic mass is 10.1. The molecule has 0 aliphatic heterocycles. The minimum absolute atomic E-state index is 0.591. The van der Waals surface area contributed by atoms with Crippen molar-refractivity contribution in [2.75, 3.05) is 12.4 Å². The molecule has 3 aromatic rings. The van der Waals surface area contributed by atoms with Gasteiger partial charge in [-0.05, 0) is 50.5 Å². The number of benzene rings is 1. The number of hydrogen-bond donors (Lipinski definition) is 0. The molecule has 2 aromatic heterocycles. The molecule has 0 saturated carbocycles. The summed E-state index contributed by atoms with van der Waals surface area (Å²) in [6.45, 7) is 6.82. The van der Waals surface area contributed by atoms with Gasteiger partial charge in [0.1, 0.15) is 5.75 Å². The second-order valence-corrected chi connectivity index (χ2v) is 7.98. The van der Waals surface area contributed by atoms with Gasteiger partial charge in [0.15, 0.2) is 0 Å². The van der Waals surface area contributed by atoms with E-state index in [2.05, 4.69) is 47.2 Å². The quantitative estimate of drug-likeness (QED) is 0.423. The van der Waals surface area contributed by atoms with Crippen LogP contribution in [0.2, 0.25) is 0 Å². The summed E-state index contributed by atoms with van der Waals surface area (Å²) in [4.78, 5) is 4.41.